The van der Waals surface area contributed by atoms with E-state index in [2.05, 4.69) is 23.5 Å². The Balaban J connectivity index is 1.89. The fourth-order valence-electron chi connectivity index (χ4n) is 2.45. The first-order valence-electron chi connectivity index (χ1n) is 5.96. The zero-order chi connectivity index (χ0) is 11.0. The monoisotopic (exact) mass is 216 g/mol. The Hall–Kier alpha value is -1.35. The molecule has 0 bridgehead atoms. The number of carbonyl (C=O) groups is 1. The van der Waals surface area contributed by atoms with Crippen LogP contribution >= 0.6 is 0 Å². The number of rotatable bonds is 1. The Kier molecular flexibility index (Phi) is 2.40. The Morgan fingerprint density at radius 3 is 2.88 bits per heavy atom. The lowest BCUT2D eigenvalue weighted by molar-refractivity contribution is -0.123. The van der Waals surface area contributed by atoms with Crippen LogP contribution in [0.25, 0.3) is 0 Å². The van der Waals surface area contributed by atoms with Crippen LogP contribution in [0.4, 0.5) is 5.69 Å². The summed E-state index contributed by atoms with van der Waals surface area (Å²) in [6, 6.07) is 8.27. The van der Waals surface area contributed by atoms with Gasteiger partial charge in [-0.25, -0.2) is 0 Å². The number of carbonyl (C=O) groups excluding carboxylic acids is 1. The molecule has 0 unspecified atom stereocenters. The number of para-hydroxylation sites is 1. The number of aryl methyl sites for hydroxylation is 1. The molecular formula is C13H16N2O. The quantitative estimate of drug-likeness (QED) is 0.764. The van der Waals surface area contributed by atoms with E-state index in [9.17, 15) is 4.79 Å². The SMILES string of the molecule is O=C(C1CNC1)N1CCCc2ccccc21. The normalized spacial score (nSPS) is 20.1. The van der Waals surface area contributed by atoms with E-state index in [0.717, 1.165) is 38.2 Å². The standard InChI is InChI=1S/C13H16N2O/c16-13(11-8-14-9-11)15-7-3-5-10-4-1-2-6-12(10)15/h1-2,4,6,11,14H,3,5,7-9H2. The number of nitrogens with zero attached hydrogens (tertiary/aromatic N) is 1. The minimum Gasteiger partial charge on any atom is -0.315 e. The molecule has 16 heavy (non-hydrogen) atoms. The van der Waals surface area contributed by atoms with Crippen LogP contribution in [0.15, 0.2) is 24.3 Å². The van der Waals surface area contributed by atoms with E-state index in [-0.39, 0.29) is 5.92 Å². The number of amides is 1. The van der Waals surface area contributed by atoms with Crippen LogP contribution in [0.2, 0.25) is 0 Å². The number of nitrogens with one attached hydrogen (secondary N) is 1. The lowest BCUT2D eigenvalue weighted by atomic mass is 9.97. The summed E-state index contributed by atoms with van der Waals surface area (Å²) in [6.07, 6.45) is 2.19. The highest BCUT2D eigenvalue weighted by atomic mass is 16.2. The van der Waals surface area contributed by atoms with Crippen molar-refractivity contribution in [1.29, 1.82) is 0 Å². The Bertz CT molecular complexity index is 412. The molecule has 3 heteroatoms. The van der Waals surface area contributed by atoms with E-state index in [1.807, 2.05) is 11.0 Å². The van der Waals surface area contributed by atoms with Crippen molar-refractivity contribution in [3.63, 3.8) is 0 Å². The highest BCUT2D eigenvalue weighted by Gasteiger charge is 2.31. The topological polar surface area (TPSA) is 32.3 Å². The summed E-state index contributed by atoms with van der Waals surface area (Å²) >= 11 is 0. The molecule has 84 valence electrons. The molecule has 0 aromatic heterocycles. The molecule has 1 aromatic rings. The molecule has 3 nitrogen and oxygen atoms in total. The van der Waals surface area contributed by atoms with Crippen molar-refractivity contribution < 1.29 is 4.79 Å². The van der Waals surface area contributed by atoms with Crippen molar-refractivity contribution in [2.45, 2.75) is 12.8 Å². The molecule has 1 saturated heterocycles. The molecule has 2 aliphatic heterocycles. The van der Waals surface area contributed by atoms with Gasteiger partial charge in [0.1, 0.15) is 0 Å². The van der Waals surface area contributed by atoms with Gasteiger partial charge >= 0.3 is 0 Å². The molecule has 1 aromatic carbocycles. The van der Waals surface area contributed by atoms with Gasteiger partial charge in [0.25, 0.3) is 0 Å². The highest BCUT2D eigenvalue weighted by molar-refractivity contribution is 5.96. The van der Waals surface area contributed by atoms with Gasteiger partial charge in [0.2, 0.25) is 5.91 Å². The van der Waals surface area contributed by atoms with E-state index in [1.54, 1.807) is 0 Å². The van der Waals surface area contributed by atoms with Gasteiger partial charge in [-0.3, -0.25) is 4.79 Å². The molecule has 0 radical (unpaired) electrons. The molecule has 0 saturated carbocycles. The van der Waals surface area contributed by atoms with Crippen molar-refractivity contribution >= 4 is 11.6 Å². The van der Waals surface area contributed by atoms with E-state index >= 15 is 0 Å². The van der Waals surface area contributed by atoms with Crippen molar-refractivity contribution in [2.24, 2.45) is 5.92 Å². The maximum atomic E-state index is 12.2. The Labute approximate surface area is 95.4 Å². The summed E-state index contributed by atoms with van der Waals surface area (Å²) < 4.78 is 0. The van der Waals surface area contributed by atoms with Crippen molar-refractivity contribution in [3.05, 3.63) is 29.8 Å². The fraction of sp³-hybridized carbons (Fsp3) is 0.462. The first-order valence-corrected chi connectivity index (χ1v) is 5.96. The Morgan fingerprint density at radius 2 is 2.12 bits per heavy atom. The summed E-state index contributed by atoms with van der Waals surface area (Å²) in [5.74, 6) is 0.497. The van der Waals surface area contributed by atoms with Gasteiger partial charge in [0.05, 0.1) is 5.92 Å². The molecule has 0 atom stereocenters. The van der Waals surface area contributed by atoms with Gasteiger partial charge in [-0.05, 0) is 24.5 Å². The first kappa shape index (κ1) is 9.85. The second-order valence-electron chi connectivity index (χ2n) is 4.58. The van der Waals surface area contributed by atoms with Gasteiger partial charge in [-0.15, -0.1) is 0 Å². The van der Waals surface area contributed by atoms with Gasteiger partial charge in [-0.1, -0.05) is 18.2 Å². The third-order valence-corrected chi connectivity index (χ3v) is 3.51. The maximum Gasteiger partial charge on any atom is 0.232 e. The van der Waals surface area contributed by atoms with E-state index in [0.29, 0.717) is 5.91 Å². The number of anilines is 1. The van der Waals surface area contributed by atoms with Crippen LogP contribution in [0, 0.1) is 5.92 Å². The summed E-state index contributed by atoms with van der Waals surface area (Å²) in [5.41, 5.74) is 2.44. The molecular weight excluding hydrogens is 200 g/mol. The molecule has 1 fully saturated rings. The van der Waals surface area contributed by atoms with Crippen LogP contribution in [0.3, 0.4) is 0 Å². The zero-order valence-electron chi connectivity index (χ0n) is 9.28. The van der Waals surface area contributed by atoms with Crippen molar-refractivity contribution in [1.82, 2.24) is 5.32 Å². The van der Waals surface area contributed by atoms with Gasteiger partial charge in [0.15, 0.2) is 0 Å². The average molecular weight is 216 g/mol. The minimum atomic E-state index is 0.200. The smallest absolute Gasteiger partial charge is 0.232 e. The summed E-state index contributed by atoms with van der Waals surface area (Å²) in [7, 11) is 0. The zero-order valence-corrected chi connectivity index (χ0v) is 9.28. The molecule has 0 aliphatic carbocycles. The lowest BCUT2D eigenvalue weighted by Gasteiger charge is -2.35. The lowest BCUT2D eigenvalue weighted by Crippen LogP contribution is -2.53. The predicted octanol–water partition coefficient (Wildman–Crippen LogP) is 1.19. The van der Waals surface area contributed by atoms with Crippen LogP contribution < -0.4 is 10.2 Å². The van der Waals surface area contributed by atoms with E-state index in [1.165, 1.54) is 5.56 Å². The number of fused-ring (bicyclic) bond motifs is 1. The summed E-state index contributed by atoms with van der Waals surface area (Å²) in [4.78, 5) is 14.2. The van der Waals surface area contributed by atoms with Crippen LogP contribution in [-0.2, 0) is 11.2 Å². The maximum absolute atomic E-state index is 12.2. The second-order valence-corrected chi connectivity index (χ2v) is 4.58. The average Bonchev–Trinajstić information content (AvgIpc) is 2.26. The van der Waals surface area contributed by atoms with Gasteiger partial charge < -0.3 is 10.2 Å². The largest absolute Gasteiger partial charge is 0.315 e. The highest BCUT2D eigenvalue weighted by Crippen LogP contribution is 2.28. The van der Waals surface area contributed by atoms with Crippen molar-refractivity contribution in [2.75, 3.05) is 24.5 Å². The van der Waals surface area contributed by atoms with Gasteiger partial charge in [-0.2, -0.15) is 0 Å². The Morgan fingerprint density at radius 1 is 1.31 bits per heavy atom. The third-order valence-electron chi connectivity index (χ3n) is 3.51. The summed E-state index contributed by atoms with van der Waals surface area (Å²) in [6.45, 7) is 2.57. The fourth-order valence-corrected chi connectivity index (χ4v) is 2.45. The minimum absolute atomic E-state index is 0.200. The van der Waals surface area contributed by atoms with E-state index < -0.39 is 0 Å². The molecule has 2 aliphatic rings. The van der Waals surface area contributed by atoms with Crippen LogP contribution in [0.1, 0.15) is 12.0 Å². The number of hydrogen-bond acceptors (Lipinski definition) is 2. The first-order chi connectivity index (χ1) is 7.86. The second kappa shape index (κ2) is 3.91. The third kappa shape index (κ3) is 1.52. The van der Waals surface area contributed by atoms with Crippen LogP contribution in [0.5, 0.6) is 0 Å². The van der Waals surface area contributed by atoms with Crippen molar-refractivity contribution in [3.8, 4) is 0 Å². The molecule has 1 amide bonds. The number of benzene rings is 1. The molecule has 3 rings (SSSR count). The van der Waals surface area contributed by atoms with E-state index in [4.69, 9.17) is 0 Å². The predicted molar refractivity (Wildman–Crippen MR) is 63.5 cm³/mol. The van der Waals surface area contributed by atoms with Gasteiger partial charge in [0, 0.05) is 25.3 Å². The summed E-state index contributed by atoms with van der Waals surface area (Å²) in [5, 5.41) is 3.16. The molecule has 0 spiro atoms. The number of hydrogen-bond donors (Lipinski definition) is 1. The van der Waals surface area contributed by atoms with Crippen LogP contribution in [-0.4, -0.2) is 25.5 Å². The molecule has 2 heterocycles. The molecule has 1 N–H and O–H groups in total.